The van der Waals surface area contributed by atoms with E-state index in [-0.39, 0.29) is 5.91 Å². The monoisotopic (exact) mass is 449 g/mol. The molecule has 1 heterocycles. The summed E-state index contributed by atoms with van der Waals surface area (Å²) >= 11 is 3.44. The zero-order valence-corrected chi connectivity index (χ0v) is 18.0. The van der Waals surface area contributed by atoms with Crippen LogP contribution in [0.5, 0.6) is 0 Å². The van der Waals surface area contributed by atoms with Gasteiger partial charge in [0.25, 0.3) is 5.91 Å². The van der Waals surface area contributed by atoms with Crippen molar-refractivity contribution in [2.75, 3.05) is 32.2 Å². The molecule has 1 aromatic rings. The summed E-state index contributed by atoms with van der Waals surface area (Å²) in [7, 11) is 1.00. The highest BCUT2D eigenvalue weighted by molar-refractivity contribution is 9.10. The number of benzene rings is 1. The third kappa shape index (κ3) is 6.93. The highest BCUT2D eigenvalue weighted by Gasteiger charge is 2.16. The molecule has 3 rings (SSSR count). The Balaban J connectivity index is 0.00000136. The molecule has 152 valence electrons. The van der Waals surface area contributed by atoms with E-state index in [0.717, 1.165) is 54.6 Å². The lowest BCUT2D eigenvalue weighted by molar-refractivity contribution is -0.112. The molecule has 0 saturated carbocycles. The van der Waals surface area contributed by atoms with Crippen LogP contribution in [0.4, 0.5) is 5.69 Å². The Bertz CT molecular complexity index is 749. The number of ether oxygens (including phenoxy) is 2. The van der Waals surface area contributed by atoms with Crippen molar-refractivity contribution in [3.8, 4) is 0 Å². The fraction of sp³-hybridized carbons (Fsp3) is 0.409. The van der Waals surface area contributed by atoms with Crippen LogP contribution in [0.15, 0.2) is 58.3 Å². The van der Waals surface area contributed by atoms with Crippen molar-refractivity contribution in [1.82, 2.24) is 0 Å². The number of amides is 1. The van der Waals surface area contributed by atoms with Crippen molar-refractivity contribution >= 4 is 27.5 Å². The second-order valence-electron chi connectivity index (χ2n) is 6.65. The normalized spacial score (nSPS) is 16.9. The summed E-state index contributed by atoms with van der Waals surface area (Å²) in [4.78, 5) is 12.7. The van der Waals surface area contributed by atoms with Gasteiger partial charge >= 0.3 is 0 Å². The minimum Gasteiger partial charge on any atom is -0.497 e. The summed E-state index contributed by atoms with van der Waals surface area (Å²) in [5, 5.41) is 9.98. The first-order chi connectivity index (χ1) is 13.6. The van der Waals surface area contributed by atoms with E-state index in [0.29, 0.717) is 24.5 Å². The Kier molecular flexibility index (Phi) is 9.47. The quantitative estimate of drug-likeness (QED) is 0.693. The molecule has 28 heavy (non-hydrogen) atoms. The molecule has 1 aromatic carbocycles. The fourth-order valence-corrected chi connectivity index (χ4v) is 3.45. The van der Waals surface area contributed by atoms with Gasteiger partial charge in [0.05, 0.1) is 6.61 Å². The van der Waals surface area contributed by atoms with Gasteiger partial charge in [-0.3, -0.25) is 4.79 Å². The smallest absolute Gasteiger partial charge is 0.255 e. The first kappa shape index (κ1) is 22.4. The lowest BCUT2D eigenvalue weighted by atomic mass is 10.0. The average molecular weight is 450 g/mol. The highest BCUT2D eigenvalue weighted by Crippen LogP contribution is 2.23. The van der Waals surface area contributed by atoms with Gasteiger partial charge < -0.3 is 19.9 Å². The number of aryl methyl sites for hydroxylation is 1. The van der Waals surface area contributed by atoms with E-state index in [1.54, 1.807) is 0 Å². The molecule has 0 aromatic heterocycles. The lowest BCUT2D eigenvalue weighted by Gasteiger charge is -2.22. The van der Waals surface area contributed by atoms with Crippen LogP contribution < -0.4 is 5.32 Å². The van der Waals surface area contributed by atoms with Gasteiger partial charge in [0, 0.05) is 42.5 Å². The van der Waals surface area contributed by atoms with E-state index in [9.17, 15) is 4.79 Å². The largest absolute Gasteiger partial charge is 0.497 e. The summed E-state index contributed by atoms with van der Waals surface area (Å²) in [6.07, 6.45) is 10.4. The number of allylic oxidation sites excluding steroid dienone is 3. The SMILES string of the molecule is CO.Cc1cc(Br)ccc1NC(=O)C1=CC=CCC(OCC2CCOCC2)=C1. The summed E-state index contributed by atoms with van der Waals surface area (Å²) in [6, 6.07) is 5.80. The Hall–Kier alpha value is -1.89. The molecule has 2 aliphatic rings. The van der Waals surface area contributed by atoms with Gasteiger partial charge in [0.15, 0.2) is 0 Å². The molecule has 1 fully saturated rings. The number of hydrogen-bond donors (Lipinski definition) is 2. The van der Waals surface area contributed by atoms with E-state index in [4.69, 9.17) is 14.6 Å². The highest BCUT2D eigenvalue weighted by atomic mass is 79.9. The number of halogens is 1. The molecule has 0 spiro atoms. The second kappa shape index (κ2) is 11.8. The summed E-state index contributed by atoms with van der Waals surface area (Å²) < 4.78 is 12.4. The van der Waals surface area contributed by atoms with Crippen molar-refractivity contribution in [1.29, 1.82) is 0 Å². The van der Waals surface area contributed by atoms with Crippen molar-refractivity contribution in [3.05, 3.63) is 63.9 Å². The van der Waals surface area contributed by atoms with Crippen LogP contribution in [-0.4, -0.2) is 37.9 Å². The number of anilines is 1. The third-order valence-corrected chi connectivity index (χ3v) is 5.08. The molecule has 6 heteroatoms. The average Bonchev–Trinajstić information content (AvgIpc) is 2.97. The Morgan fingerprint density at radius 3 is 2.79 bits per heavy atom. The number of nitrogens with one attached hydrogen (secondary N) is 1. The van der Waals surface area contributed by atoms with Crippen molar-refractivity contribution < 1.29 is 19.4 Å². The predicted octanol–water partition coefficient (Wildman–Crippen LogP) is 4.52. The summed E-state index contributed by atoms with van der Waals surface area (Å²) in [5.74, 6) is 1.23. The predicted molar refractivity (Wildman–Crippen MR) is 115 cm³/mol. The number of carbonyl (C=O) groups excluding carboxylic acids is 1. The van der Waals surface area contributed by atoms with Crippen LogP contribution in [0.1, 0.15) is 24.8 Å². The van der Waals surface area contributed by atoms with Crippen LogP contribution in [-0.2, 0) is 14.3 Å². The van der Waals surface area contributed by atoms with Crippen LogP contribution in [0.25, 0.3) is 0 Å². The van der Waals surface area contributed by atoms with Crippen molar-refractivity contribution in [3.63, 3.8) is 0 Å². The van der Waals surface area contributed by atoms with Gasteiger partial charge in [0.1, 0.15) is 5.76 Å². The van der Waals surface area contributed by atoms with Gasteiger partial charge in [-0.15, -0.1) is 0 Å². The van der Waals surface area contributed by atoms with E-state index >= 15 is 0 Å². The molecule has 1 amide bonds. The minimum absolute atomic E-state index is 0.130. The van der Waals surface area contributed by atoms with Crippen LogP contribution in [0.2, 0.25) is 0 Å². The number of aliphatic hydroxyl groups excluding tert-OH is 1. The molecule has 1 saturated heterocycles. The van der Waals surface area contributed by atoms with Crippen LogP contribution >= 0.6 is 15.9 Å². The maximum Gasteiger partial charge on any atom is 0.255 e. The van der Waals surface area contributed by atoms with Crippen LogP contribution in [0.3, 0.4) is 0 Å². The Morgan fingerprint density at radius 2 is 2.07 bits per heavy atom. The topological polar surface area (TPSA) is 67.8 Å². The first-order valence-electron chi connectivity index (χ1n) is 9.42. The number of rotatable bonds is 5. The Morgan fingerprint density at radius 1 is 1.32 bits per heavy atom. The molecule has 1 aliphatic heterocycles. The summed E-state index contributed by atoms with van der Waals surface area (Å²) in [6.45, 7) is 4.28. The number of carbonyl (C=O) groups is 1. The van der Waals surface area contributed by atoms with Crippen LogP contribution in [0, 0.1) is 12.8 Å². The molecule has 1 aliphatic carbocycles. The van der Waals surface area contributed by atoms with Gasteiger partial charge in [-0.05, 0) is 61.6 Å². The molecule has 0 radical (unpaired) electrons. The second-order valence-corrected chi connectivity index (χ2v) is 7.56. The maximum absolute atomic E-state index is 12.7. The molecule has 5 nitrogen and oxygen atoms in total. The molecule has 0 bridgehead atoms. The molecular formula is C22H28BrNO4. The number of hydrogen-bond acceptors (Lipinski definition) is 4. The standard InChI is InChI=1S/C21H24BrNO3.CH4O/c1-15-12-18(22)6-7-20(15)23-21(24)17-4-2-3-5-19(13-17)26-14-16-8-10-25-11-9-16;1-2/h2-4,6-7,12-13,16H,5,8-11,14H2,1H3,(H,23,24);2H,1H3. The molecule has 2 N–H and O–H groups in total. The molecule has 0 atom stereocenters. The third-order valence-electron chi connectivity index (χ3n) is 4.59. The Labute approximate surface area is 175 Å². The molecular weight excluding hydrogens is 422 g/mol. The van der Waals surface area contributed by atoms with E-state index in [1.165, 1.54) is 0 Å². The zero-order valence-electron chi connectivity index (χ0n) is 16.4. The van der Waals surface area contributed by atoms with Crippen molar-refractivity contribution in [2.45, 2.75) is 26.2 Å². The maximum atomic E-state index is 12.7. The fourth-order valence-electron chi connectivity index (χ4n) is 2.98. The summed E-state index contributed by atoms with van der Waals surface area (Å²) in [5.41, 5.74) is 2.42. The first-order valence-corrected chi connectivity index (χ1v) is 10.2. The van der Waals surface area contributed by atoms with Gasteiger partial charge in [0.2, 0.25) is 0 Å². The minimum atomic E-state index is -0.130. The van der Waals surface area contributed by atoms with Gasteiger partial charge in [-0.2, -0.15) is 0 Å². The van der Waals surface area contributed by atoms with E-state index in [2.05, 4.69) is 21.2 Å². The van der Waals surface area contributed by atoms with E-state index in [1.807, 2.05) is 49.4 Å². The van der Waals surface area contributed by atoms with Gasteiger partial charge in [-0.25, -0.2) is 0 Å². The van der Waals surface area contributed by atoms with Gasteiger partial charge in [-0.1, -0.05) is 28.1 Å². The van der Waals surface area contributed by atoms with E-state index < -0.39 is 0 Å². The number of aliphatic hydroxyl groups is 1. The zero-order chi connectivity index (χ0) is 20.4. The molecule has 0 unspecified atom stereocenters. The lowest BCUT2D eigenvalue weighted by Crippen LogP contribution is -2.20. The van der Waals surface area contributed by atoms with Crippen molar-refractivity contribution in [2.24, 2.45) is 5.92 Å².